The fraction of sp³-hybridized carbons (Fsp3) is 0.171. The first-order valence-corrected chi connectivity index (χ1v) is 18.8. The number of alkyl halides is 4. The number of aryl methyl sites for hydroxylation is 1. The number of hydrogen-bond donors (Lipinski definition) is 4. The van der Waals surface area contributed by atoms with Crippen molar-refractivity contribution in [3.05, 3.63) is 120 Å². The number of para-hydroxylation sites is 4. The quantitative estimate of drug-likeness (QED) is 0.0856. The fourth-order valence-electron chi connectivity index (χ4n) is 6.44. The van der Waals surface area contributed by atoms with Gasteiger partial charge < -0.3 is 31.6 Å². The number of nitrogens with two attached hydrogens (primary N) is 2. The SMILES string of the molecule is CCc1nc2ccccc2n1-c1nc(N)c(F)c(Nc2ccc(OC(F)F)cc2)n1.Nc1nc(-n2c(C3CC3)nc3ccccc32)nc(Nc2ccc(OC(F)F)c(F)c2)c1F. The molecule has 0 amide bonds. The molecular formula is C41H33F7N12O2. The van der Waals surface area contributed by atoms with E-state index in [1.165, 1.54) is 30.3 Å². The summed E-state index contributed by atoms with van der Waals surface area (Å²) in [6, 6.07) is 23.6. The predicted octanol–water partition coefficient (Wildman–Crippen LogP) is 9.34. The normalized spacial score (nSPS) is 12.5. The molecule has 318 valence electrons. The molecule has 1 fully saturated rings. The minimum atomic E-state index is -3.17. The molecule has 1 aliphatic rings. The molecule has 62 heavy (non-hydrogen) atoms. The number of hydrogen-bond acceptors (Lipinski definition) is 12. The Morgan fingerprint density at radius 2 is 1.18 bits per heavy atom. The number of aromatic nitrogens is 8. The Bertz CT molecular complexity index is 2910. The maximum Gasteiger partial charge on any atom is 0.387 e. The lowest BCUT2D eigenvalue weighted by molar-refractivity contribution is -0.0523. The van der Waals surface area contributed by atoms with Crippen LogP contribution in [-0.2, 0) is 6.42 Å². The average molecular weight is 859 g/mol. The summed E-state index contributed by atoms with van der Waals surface area (Å²) in [6.07, 6.45) is 2.54. The zero-order valence-corrected chi connectivity index (χ0v) is 32.2. The van der Waals surface area contributed by atoms with Gasteiger partial charge >= 0.3 is 13.2 Å². The number of nitrogen functional groups attached to an aromatic ring is 2. The summed E-state index contributed by atoms with van der Waals surface area (Å²) >= 11 is 0. The van der Waals surface area contributed by atoms with Crippen molar-refractivity contribution in [1.29, 1.82) is 0 Å². The number of fused-ring (bicyclic) bond motifs is 2. The van der Waals surface area contributed by atoms with Crippen LogP contribution in [0.25, 0.3) is 34.0 Å². The van der Waals surface area contributed by atoms with Gasteiger partial charge in [0, 0.05) is 29.8 Å². The van der Waals surface area contributed by atoms with E-state index in [9.17, 15) is 30.7 Å². The Morgan fingerprint density at radius 3 is 1.74 bits per heavy atom. The molecule has 8 aromatic rings. The van der Waals surface area contributed by atoms with Crippen LogP contribution >= 0.6 is 0 Å². The second-order valence-electron chi connectivity index (χ2n) is 13.6. The van der Waals surface area contributed by atoms with Crippen molar-refractivity contribution in [3.8, 4) is 23.4 Å². The van der Waals surface area contributed by atoms with Crippen molar-refractivity contribution in [3.63, 3.8) is 0 Å². The molecule has 1 saturated carbocycles. The summed E-state index contributed by atoms with van der Waals surface area (Å²) in [6.45, 7) is -4.16. The summed E-state index contributed by atoms with van der Waals surface area (Å²) in [5.41, 5.74) is 15.1. The first kappa shape index (κ1) is 41.0. The van der Waals surface area contributed by atoms with E-state index >= 15 is 0 Å². The van der Waals surface area contributed by atoms with Gasteiger partial charge in [0.1, 0.15) is 17.4 Å². The number of halogens is 7. The smallest absolute Gasteiger partial charge is 0.387 e. The van der Waals surface area contributed by atoms with Gasteiger partial charge in [-0.15, -0.1) is 0 Å². The standard InChI is InChI=1S/C21H16F4N6O.C20H17F3N6O/c22-12-9-11(7-8-15(12)32-20(24)25)27-18-16(23)17(26)29-21(30-18)31-14-4-2-1-3-13(14)28-19(31)10-5-6-10;1-2-15-26-13-5-3-4-6-14(13)29(15)20-27-17(24)16(21)18(28-20)25-11-7-9-12(10-8-11)30-19(22)23/h1-4,7-10,20H,5-6H2,(H3,26,27,29,30);3-10,19H,2H2,1H3,(H3,24,25,27,28). The summed E-state index contributed by atoms with van der Waals surface area (Å²) in [4.78, 5) is 26.0. The Kier molecular flexibility index (Phi) is 11.3. The molecule has 9 rings (SSSR count). The van der Waals surface area contributed by atoms with E-state index in [4.69, 9.17) is 11.5 Å². The van der Waals surface area contributed by atoms with Gasteiger partial charge in [0.15, 0.2) is 34.8 Å². The summed E-state index contributed by atoms with van der Waals surface area (Å²) in [5.74, 6) is -2.68. The molecule has 0 aliphatic heterocycles. The van der Waals surface area contributed by atoms with Crippen LogP contribution < -0.4 is 31.6 Å². The highest BCUT2D eigenvalue weighted by molar-refractivity contribution is 5.79. The van der Waals surface area contributed by atoms with Crippen molar-refractivity contribution in [2.45, 2.75) is 45.3 Å². The van der Waals surface area contributed by atoms with Gasteiger partial charge in [-0.3, -0.25) is 9.13 Å². The van der Waals surface area contributed by atoms with Crippen LogP contribution in [0.15, 0.2) is 91.0 Å². The second-order valence-corrected chi connectivity index (χ2v) is 13.6. The second kappa shape index (κ2) is 17.1. The van der Waals surface area contributed by atoms with Gasteiger partial charge in [0.05, 0.1) is 22.1 Å². The maximum absolute atomic E-state index is 14.7. The summed E-state index contributed by atoms with van der Waals surface area (Å²) in [5, 5.41) is 5.42. The third-order valence-electron chi connectivity index (χ3n) is 9.36. The molecule has 0 saturated heterocycles. The fourth-order valence-corrected chi connectivity index (χ4v) is 6.44. The van der Waals surface area contributed by atoms with Crippen molar-refractivity contribution in [1.82, 2.24) is 39.0 Å². The van der Waals surface area contributed by atoms with E-state index in [2.05, 4.69) is 50.0 Å². The van der Waals surface area contributed by atoms with Gasteiger partial charge in [-0.2, -0.15) is 46.3 Å². The zero-order valence-electron chi connectivity index (χ0n) is 32.2. The zero-order chi connectivity index (χ0) is 43.7. The first-order valence-electron chi connectivity index (χ1n) is 18.8. The third kappa shape index (κ3) is 8.62. The van der Waals surface area contributed by atoms with Gasteiger partial charge in [0.25, 0.3) is 0 Å². The third-order valence-corrected chi connectivity index (χ3v) is 9.36. The molecule has 0 radical (unpaired) electrons. The van der Waals surface area contributed by atoms with Crippen molar-refractivity contribution in [2.24, 2.45) is 0 Å². The monoisotopic (exact) mass is 858 g/mol. The molecule has 4 heterocycles. The molecule has 1 aliphatic carbocycles. The van der Waals surface area contributed by atoms with Gasteiger partial charge in [0.2, 0.25) is 23.5 Å². The largest absolute Gasteiger partial charge is 0.435 e. The van der Waals surface area contributed by atoms with Crippen LogP contribution in [0.1, 0.15) is 37.3 Å². The van der Waals surface area contributed by atoms with E-state index in [0.717, 1.165) is 52.9 Å². The number of rotatable bonds is 12. The predicted molar refractivity (Wildman–Crippen MR) is 216 cm³/mol. The van der Waals surface area contributed by atoms with Gasteiger partial charge in [-0.1, -0.05) is 31.2 Å². The van der Waals surface area contributed by atoms with Crippen LogP contribution in [-0.4, -0.2) is 52.3 Å². The lowest BCUT2D eigenvalue weighted by atomic mass is 10.3. The number of imidazole rings is 2. The van der Waals surface area contributed by atoms with Crippen LogP contribution in [0.3, 0.4) is 0 Å². The van der Waals surface area contributed by atoms with Gasteiger partial charge in [-0.25, -0.2) is 14.4 Å². The summed E-state index contributed by atoms with van der Waals surface area (Å²) < 4.78 is 104. The molecule has 0 unspecified atom stereocenters. The highest BCUT2D eigenvalue weighted by Gasteiger charge is 2.31. The van der Waals surface area contributed by atoms with E-state index < -0.39 is 42.2 Å². The van der Waals surface area contributed by atoms with E-state index in [0.29, 0.717) is 17.9 Å². The Balaban J connectivity index is 0.000000171. The van der Waals surface area contributed by atoms with Crippen LogP contribution in [0, 0.1) is 17.5 Å². The van der Waals surface area contributed by atoms with Crippen molar-refractivity contribution >= 4 is 56.7 Å². The Morgan fingerprint density at radius 1 is 0.645 bits per heavy atom. The Labute approximate surface area is 346 Å². The van der Waals surface area contributed by atoms with Gasteiger partial charge in [-0.05, 0) is 73.5 Å². The molecular weight excluding hydrogens is 826 g/mol. The lowest BCUT2D eigenvalue weighted by Crippen LogP contribution is -2.11. The lowest BCUT2D eigenvalue weighted by Gasteiger charge is -2.13. The van der Waals surface area contributed by atoms with Crippen LogP contribution in [0.4, 0.5) is 65.4 Å². The van der Waals surface area contributed by atoms with Crippen molar-refractivity contribution in [2.75, 3.05) is 22.1 Å². The average Bonchev–Trinajstić information content (AvgIpc) is 3.92. The Hall–Kier alpha value is -7.71. The van der Waals surface area contributed by atoms with E-state index in [-0.39, 0.29) is 46.7 Å². The van der Waals surface area contributed by atoms with E-state index in [1.807, 2.05) is 55.5 Å². The molecule has 4 aromatic heterocycles. The number of nitrogens with zero attached hydrogens (tertiary/aromatic N) is 8. The molecule has 4 aromatic carbocycles. The highest BCUT2D eigenvalue weighted by Crippen LogP contribution is 2.42. The van der Waals surface area contributed by atoms with Crippen LogP contribution in [0.5, 0.6) is 11.5 Å². The van der Waals surface area contributed by atoms with E-state index in [1.54, 1.807) is 9.13 Å². The highest BCUT2D eigenvalue weighted by atomic mass is 19.3. The molecule has 21 heteroatoms. The minimum absolute atomic E-state index is 0.0172. The van der Waals surface area contributed by atoms with Crippen LogP contribution in [0.2, 0.25) is 0 Å². The molecule has 0 spiro atoms. The first-order chi connectivity index (χ1) is 29.9. The molecule has 14 nitrogen and oxygen atoms in total. The molecule has 0 atom stereocenters. The summed E-state index contributed by atoms with van der Waals surface area (Å²) in [7, 11) is 0. The number of nitrogens with one attached hydrogen (secondary N) is 2. The molecule has 0 bridgehead atoms. The molecule has 6 N–H and O–H groups in total. The minimum Gasteiger partial charge on any atom is -0.435 e. The number of ether oxygens (including phenoxy) is 2. The topological polar surface area (TPSA) is 182 Å². The maximum atomic E-state index is 14.7. The van der Waals surface area contributed by atoms with Crippen molar-refractivity contribution < 1.29 is 40.2 Å². The number of anilines is 6. The number of benzene rings is 4.